The van der Waals surface area contributed by atoms with E-state index in [1.54, 1.807) is 0 Å². The van der Waals surface area contributed by atoms with Gasteiger partial charge in [0.05, 0.1) is 24.0 Å². The molecule has 0 bridgehead atoms. The fraction of sp³-hybridized carbons (Fsp3) is 0.611. The molecule has 4 rings (SSSR count). The normalized spacial score (nSPS) is 20.5. The standard InChI is InChI=1S/C18H25N5O3/c1-14-8-15(20-26-14)9-21-10-16-4-5-19-23(16)17(11-21)12-25-13-18(24)22-6-2-3-7-22/h4-5,8,17H,2-3,6-7,9-13H2,1H3/t17-/m0/s1. The summed E-state index contributed by atoms with van der Waals surface area (Å²) in [7, 11) is 0. The first-order valence-corrected chi connectivity index (χ1v) is 9.21. The van der Waals surface area contributed by atoms with Gasteiger partial charge in [0.25, 0.3) is 0 Å². The molecule has 0 saturated carbocycles. The van der Waals surface area contributed by atoms with E-state index in [1.807, 2.05) is 34.8 Å². The van der Waals surface area contributed by atoms with Crippen molar-refractivity contribution in [1.82, 2.24) is 24.7 Å². The minimum atomic E-state index is 0.0909. The summed E-state index contributed by atoms with van der Waals surface area (Å²) in [6.45, 7) is 6.59. The van der Waals surface area contributed by atoms with E-state index >= 15 is 0 Å². The van der Waals surface area contributed by atoms with Gasteiger partial charge >= 0.3 is 0 Å². The van der Waals surface area contributed by atoms with Crippen LogP contribution in [0.15, 0.2) is 22.9 Å². The van der Waals surface area contributed by atoms with E-state index in [4.69, 9.17) is 9.26 Å². The molecule has 1 atom stereocenters. The van der Waals surface area contributed by atoms with Crippen LogP contribution in [0.25, 0.3) is 0 Å². The van der Waals surface area contributed by atoms with Crippen LogP contribution in [-0.2, 0) is 22.6 Å². The Morgan fingerprint density at radius 2 is 2.23 bits per heavy atom. The number of nitrogens with zero attached hydrogens (tertiary/aromatic N) is 5. The molecule has 8 heteroatoms. The lowest BCUT2D eigenvalue weighted by atomic mass is 10.2. The number of amides is 1. The third kappa shape index (κ3) is 3.81. The van der Waals surface area contributed by atoms with E-state index in [-0.39, 0.29) is 18.6 Å². The number of carbonyl (C=O) groups excluding carboxylic acids is 1. The molecule has 2 aliphatic rings. The van der Waals surface area contributed by atoms with Gasteiger partial charge in [-0.15, -0.1) is 0 Å². The number of aromatic nitrogens is 3. The van der Waals surface area contributed by atoms with Gasteiger partial charge in [-0.3, -0.25) is 14.4 Å². The molecule has 8 nitrogen and oxygen atoms in total. The average Bonchev–Trinajstić information content (AvgIpc) is 3.36. The topological polar surface area (TPSA) is 76.6 Å². The van der Waals surface area contributed by atoms with Crippen molar-refractivity contribution in [2.45, 2.75) is 38.9 Å². The third-order valence-corrected chi connectivity index (χ3v) is 5.01. The van der Waals surface area contributed by atoms with Gasteiger partial charge in [0, 0.05) is 45.0 Å². The first-order chi connectivity index (χ1) is 12.7. The summed E-state index contributed by atoms with van der Waals surface area (Å²) >= 11 is 0. The van der Waals surface area contributed by atoms with Crippen LogP contribution in [0.5, 0.6) is 0 Å². The fourth-order valence-corrected chi connectivity index (χ4v) is 3.77. The van der Waals surface area contributed by atoms with Crippen LogP contribution < -0.4 is 0 Å². The van der Waals surface area contributed by atoms with E-state index in [1.165, 1.54) is 0 Å². The molecule has 1 fully saturated rings. The molecule has 1 saturated heterocycles. The van der Waals surface area contributed by atoms with E-state index in [0.717, 1.165) is 62.7 Å². The second-order valence-corrected chi connectivity index (χ2v) is 7.12. The quantitative estimate of drug-likeness (QED) is 0.775. The van der Waals surface area contributed by atoms with Crippen LogP contribution in [0.2, 0.25) is 0 Å². The predicted molar refractivity (Wildman–Crippen MR) is 93.3 cm³/mol. The monoisotopic (exact) mass is 359 g/mol. The van der Waals surface area contributed by atoms with Gasteiger partial charge in [-0.25, -0.2) is 0 Å². The molecule has 26 heavy (non-hydrogen) atoms. The van der Waals surface area contributed by atoms with E-state index in [0.29, 0.717) is 6.61 Å². The van der Waals surface area contributed by atoms with Crippen molar-refractivity contribution < 1.29 is 14.1 Å². The summed E-state index contributed by atoms with van der Waals surface area (Å²) in [5.74, 6) is 0.913. The lowest BCUT2D eigenvalue weighted by molar-refractivity contribution is -0.135. The second-order valence-electron chi connectivity index (χ2n) is 7.12. The van der Waals surface area contributed by atoms with E-state index < -0.39 is 0 Å². The van der Waals surface area contributed by atoms with Crippen molar-refractivity contribution in [1.29, 1.82) is 0 Å². The first kappa shape index (κ1) is 17.2. The van der Waals surface area contributed by atoms with Crippen LogP contribution in [0.4, 0.5) is 0 Å². The van der Waals surface area contributed by atoms with Gasteiger partial charge in [-0.05, 0) is 25.8 Å². The Hall–Kier alpha value is -2.19. The highest BCUT2D eigenvalue weighted by Crippen LogP contribution is 2.22. The molecule has 0 aromatic carbocycles. The van der Waals surface area contributed by atoms with Gasteiger partial charge < -0.3 is 14.2 Å². The zero-order chi connectivity index (χ0) is 17.9. The maximum Gasteiger partial charge on any atom is 0.248 e. The molecule has 2 aromatic rings. The Balaban J connectivity index is 1.34. The molecular weight excluding hydrogens is 334 g/mol. The molecule has 2 aromatic heterocycles. The Kier molecular flexibility index (Phi) is 5.03. The van der Waals surface area contributed by atoms with Gasteiger partial charge in [0.2, 0.25) is 5.91 Å². The van der Waals surface area contributed by atoms with E-state index in [2.05, 4.69) is 15.2 Å². The van der Waals surface area contributed by atoms with Crippen molar-refractivity contribution in [3.05, 3.63) is 35.5 Å². The molecule has 2 aliphatic heterocycles. The smallest absolute Gasteiger partial charge is 0.248 e. The van der Waals surface area contributed by atoms with Crippen LogP contribution >= 0.6 is 0 Å². The molecular formula is C18H25N5O3. The number of hydrogen-bond acceptors (Lipinski definition) is 6. The Labute approximate surface area is 152 Å². The Morgan fingerprint density at radius 3 is 3.00 bits per heavy atom. The summed E-state index contributed by atoms with van der Waals surface area (Å²) in [6, 6.07) is 4.09. The van der Waals surface area contributed by atoms with Crippen LogP contribution in [0, 0.1) is 6.92 Å². The van der Waals surface area contributed by atoms with Crippen molar-refractivity contribution in [3.8, 4) is 0 Å². The lowest BCUT2D eigenvalue weighted by Crippen LogP contribution is -2.40. The summed E-state index contributed by atoms with van der Waals surface area (Å²) in [4.78, 5) is 16.3. The maximum absolute atomic E-state index is 12.1. The van der Waals surface area contributed by atoms with E-state index in [9.17, 15) is 4.79 Å². The third-order valence-electron chi connectivity index (χ3n) is 5.01. The minimum absolute atomic E-state index is 0.0909. The van der Waals surface area contributed by atoms with Gasteiger partial charge in [-0.2, -0.15) is 5.10 Å². The molecule has 140 valence electrons. The highest BCUT2D eigenvalue weighted by atomic mass is 16.5. The minimum Gasteiger partial charge on any atom is -0.369 e. The highest BCUT2D eigenvalue weighted by Gasteiger charge is 2.27. The largest absolute Gasteiger partial charge is 0.369 e. The maximum atomic E-state index is 12.1. The zero-order valence-corrected chi connectivity index (χ0v) is 15.1. The van der Waals surface area contributed by atoms with Crippen molar-refractivity contribution >= 4 is 5.91 Å². The second kappa shape index (κ2) is 7.59. The molecule has 0 aliphatic carbocycles. The zero-order valence-electron chi connectivity index (χ0n) is 15.1. The van der Waals surface area contributed by atoms with Crippen LogP contribution in [-0.4, -0.2) is 63.5 Å². The van der Waals surface area contributed by atoms with Gasteiger partial charge in [0.1, 0.15) is 12.4 Å². The van der Waals surface area contributed by atoms with Crippen molar-refractivity contribution in [2.75, 3.05) is 32.8 Å². The van der Waals surface area contributed by atoms with Crippen molar-refractivity contribution in [2.24, 2.45) is 0 Å². The summed E-state index contributed by atoms with van der Waals surface area (Å²) < 4.78 is 12.9. The molecule has 4 heterocycles. The van der Waals surface area contributed by atoms with Gasteiger partial charge in [-0.1, -0.05) is 5.16 Å². The molecule has 0 unspecified atom stereocenters. The highest BCUT2D eigenvalue weighted by molar-refractivity contribution is 5.77. The molecule has 1 amide bonds. The Bertz CT molecular complexity index is 750. The number of carbonyl (C=O) groups is 1. The number of rotatable bonds is 6. The predicted octanol–water partition coefficient (Wildman–Crippen LogP) is 1.38. The van der Waals surface area contributed by atoms with Crippen LogP contribution in [0.1, 0.15) is 36.0 Å². The SMILES string of the molecule is Cc1cc(CN2Cc3ccnn3[C@H](COCC(=O)N3CCCC3)C2)no1. The number of likely N-dealkylation sites (tertiary alicyclic amines) is 1. The first-order valence-electron chi connectivity index (χ1n) is 9.21. The molecule has 0 spiro atoms. The Morgan fingerprint density at radius 1 is 1.38 bits per heavy atom. The van der Waals surface area contributed by atoms with Crippen molar-refractivity contribution in [3.63, 3.8) is 0 Å². The summed E-state index contributed by atoms with van der Waals surface area (Å²) in [5, 5.41) is 8.53. The van der Waals surface area contributed by atoms with Gasteiger partial charge in [0.15, 0.2) is 0 Å². The molecule has 0 radical (unpaired) electrons. The number of fused-ring (bicyclic) bond motifs is 1. The summed E-state index contributed by atoms with van der Waals surface area (Å²) in [5.41, 5.74) is 2.08. The number of hydrogen-bond donors (Lipinski definition) is 0. The molecule has 0 N–H and O–H groups in total. The van der Waals surface area contributed by atoms with Crippen LogP contribution in [0.3, 0.4) is 0 Å². The number of ether oxygens (including phenoxy) is 1. The average molecular weight is 359 g/mol. The number of aryl methyl sites for hydroxylation is 1. The lowest BCUT2D eigenvalue weighted by Gasteiger charge is -2.33. The fourth-order valence-electron chi connectivity index (χ4n) is 3.77. The summed E-state index contributed by atoms with van der Waals surface area (Å²) in [6.07, 6.45) is 4.02.